The third-order valence-electron chi connectivity index (χ3n) is 4.77. The van der Waals surface area contributed by atoms with Gasteiger partial charge < -0.3 is 9.15 Å². The normalized spacial score (nSPS) is 21.2. The fourth-order valence-corrected chi connectivity index (χ4v) is 3.25. The lowest BCUT2D eigenvalue weighted by atomic mass is 10.1. The molecule has 0 amide bonds. The van der Waals surface area contributed by atoms with Gasteiger partial charge in [-0.2, -0.15) is 0 Å². The lowest BCUT2D eigenvalue weighted by Gasteiger charge is -2.03. The molecule has 0 N–H and O–H groups in total. The number of allylic oxidation sites excluding steroid dienone is 2. The van der Waals surface area contributed by atoms with Crippen LogP contribution in [-0.4, -0.2) is 5.97 Å². The monoisotopic (exact) mass is 324 g/mol. The molecule has 1 fully saturated rings. The number of benzene rings is 1. The van der Waals surface area contributed by atoms with Crippen molar-refractivity contribution in [2.75, 3.05) is 0 Å². The molecule has 126 valence electrons. The lowest BCUT2D eigenvalue weighted by Crippen LogP contribution is -2.10. The van der Waals surface area contributed by atoms with Crippen LogP contribution in [0, 0.1) is 17.3 Å². The second-order valence-corrected chi connectivity index (χ2v) is 7.36. The van der Waals surface area contributed by atoms with Crippen LogP contribution in [0.3, 0.4) is 0 Å². The van der Waals surface area contributed by atoms with Crippen LogP contribution in [0.1, 0.15) is 33.3 Å². The van der Waals surface area contributed by atoms with Crippen LogP contribution in [0.2, 0.25) is 0 Å². The highest BCUT2D eigenvalue weighted by Crippen LogP contribution is 2.59. The van der Waals surface area contributed by atoms with Gasteiger partial charge in [0.2, 0.25) is 0 Å². The highest BCUT2D eigenvalue weighted by Gasteiger charge is 2.61. The Balaban J connectivity index is 1.60. The summed E-state index contributed by atoms with van der Waals surface area (Å²) in [5.41, 5.74) is 3.12. The number of hydrogen-bond donors (Lipinski definition) is 0. The number of esters is 1. The first-order chi connectivity index (χ1) is 11.4. The molecule has 24 heavy (non-hydrogen) atoms. The van der Waals surface area contributed by atoms with E-state index in [0.29, 0.717) is 0 Å². The van der Waals surface area contributed by atoms with E-state index in [4.69, 9.17) is 9.15 Å². The van der Waals surface area contributed by atoms with Crippen molar-refractivity contribution in [3.8, 4) is 11.3 Å². The number of rotatable bonds is 5. The molecule has 0 bridgehead atoms. The second-order valence-electron chi connectivity index (χ2n) is 7.36. The van der Waals surface area contributed by atoms with Crippen molar-refractivity contribution in [1.29, 1.82) is 0 Å². The van der Waals surface area contributed by atoms with Gasteiger partial charge in [-0.15, -0.1) is 0 Å². The zero-order chi connectivity index (χ0) is 17.3. The Hall–Kier alpha value is -2.29. The van der Waals surface area contributed by atoms with Crippen molar-refractivity contribution >= 4 is 5.97 Å². The third kappa shape index (κ3) is 3.30. The van der Waals surface area contributed by atoms with Crippen molar-refractivity contribution in [3.05, 3.63) is 59.9 Å². The number of carbonyl (C=O) groups is 1. The molecule has 0 saturated heterocycles. The molecule has 3 nitrogen and oxygen atoms in total. The van der Waals surface area contributed by atoms with Crippen LogP contribution in [0.5, 0.6) is 0 Å². The number of hydrogen-bond acceptors (Lipinski definition) is 3. The Morgan fingerprint density at radius 1 is 1.25 bits per heavy atom. The van der Waals surface area contributed by atoms with Crippen molar-refractivity contribution in [1.82, 2.24) is 0 Å². The molecular formula is C21H24O3. The summed E-state index contributed by atoms with van der Waals surface area (Å²) in [4.78, 5) is 12.4. The fourth-order valence-electron chi connectivity index (χ4n) is 3.25. The summed E-state index contributed by atoms with van der Waals surface area (Å²) in [7, 11) is 0. The molecule has 1 aromatic carbocycles. The molecule has 0 radical (unpaired) electrons. The Kier molecular flexibility index (Phi) is 4.35. The van der Waals surface area contributed by atoms with E-state index in [1.165, 1.54) is 5.57 Å². The van der Waals surface area contributed by atoms with Crippen LogP contribution in [0.4, 0.5) is 0 Å². The zero-order valence-electron chi connectivity index (χ0n) is 14.7. The summed E-state index contributed by atoms with van der Waals surface area (Å²) >= 11 is 0. The van der Waals surface area contributed by atoms with E-state index >= 15 is 0 Å². The van der Waals surface area contributed by atoms with Gasteiger partial charge in [0.15, 0.2) is 0 Å². The van der Waals surface area contributed by atoms with Crippen LogP contribution in [0.15, 0.2) is 58.7 Å². The summed E-state index contributed by atoms with van der Waals surface area (Å²) < 4.78 is 11.1. The van der Waals surface area contributed by atoms with Crippen molar-refractivity contribution in [2.24, 2.45) is 17.3 Å². The average Bonchev–Trinajstić information content (AvgIpc) is 2.90. The van der Waals surface area contributed by atoms with Crippen LogP contribution < -0.4 is 0 Å². The Bertz CT molecular complexity index is 748. The third-order valence-corrected chi connectivity index (χ3v) is 4.77. The first kappa shape index (κ1) is 16.6. The van der Waals surface area contributed by atoms with Crippen molar-refractivity contribution < 1.29 is 13.9 Å². The van der Waals surface area contributed by atoms with Crippen molar-refractivity contribution in [2.45, 2.75) is 34.3 Å². The molecule has 1 aliphatic rings. The van der Waals surface area contributed by atoms with Gasteiger partial charge in [-0.3, -0.25) is 4.79 Å². The predicted molar refractivity (Wildman–Crippen MR) is 94.1 cm³/mol. The smallest absolute Gasteiger partial charge is 0.310 e. The highest BCUT2D eigenvalue weighted by molar-refractivity contribution is 5.78. The Labute approximate surface area is 143 Å². The SMILES string of the molecule is CC(C)=C[C@@H]1[C@@H](C(=O)OCc2coc(-c3ccccc3)c2)C1(C)C. The topological polar surface area (TPSA) is 39.4 Å². The largest absolute Gasteiger partial charge is 0.464 e. The molecule has 2 aromatic rings. The summed E-state index contributed by atoms with van der Waals surface area (Å²) in [6.45, 7) is 8.62. The van der Waals surface area contributed by atoms with Crippen LogP contribution in [0.25, 0.3) is 11.3 Å². The minimum absolute atomic E-state index is 0.0139. The fraction of sp³-hybridized carbons (Fsp3) is 0.381. The van der Waals surface area contributed by atoms with Crippen LogP contribution >= 0.6 is 0 Å². The molecule has 1 saturated carbocycles. The first-order valence-electron chi connectivity index (χ1n) is 8.34. The van der Waals surface area contributed by atoms with Crippen molar-refractivity contribution in [3.63, 3.8) is 0 Å². The molecule has 0 spiro atoms. The van der Waals surface area contributed by atoms with E-state index in [1.807, 2.05) is 36.4 Å². The van der Waals surface area contributed by atoms with Gasteiger partial charge in [-0.1, -0.05) is 55.8 Å². The second kappa shape index (κ2) is 6.31. The van der Waals surface area contributed by atoms with E-state index < -0.39 is 0 Å². The van der Waals surface area contributed by atoms with Gasteiger partial charge in [0.05, 0.1) is 12.2 Å². The molecule has 3 rings (SSSR count). The summed E-state index contributed by atoms with van der Waals surface area (Å²) in [6.07, 6.45) is 3.83. The lowest BCUT2D eigenvalue weighted by molar-refractivity contribution is -0.147. The van der Waals surface area contributed by atoms with Gasteiger partial charge in [-0.05, 0) is 31.2 Å². The summed E-state index contributed by atoms with van der Waals surface area (Å²) in [5.74, 6) is 0.896. The average molecular weight is 324 g/mol. The molecule has 0 aliphatic heterocycles. The molecule has 1 heterocycles. The standard InChI is InChI=1S/C21H24O3/c1-14(2)10-17-19(21(17,3)4)20(22)24-13-15-11-18(23-12-15)16-8-6-5-7-9-16/h5-12,17,19H,13H2,1-4H3/t17-,19+/m1/s1. The van der Waals surface area contributed by atoms with Gasteiger partial charge in [-0.25, -0.2) is 0 Å². The van der Waals surface area contributed by atoms with Crippen LogP contribution in [-0.2, 0) is 16.1 Å². The maximum atomic E-state index is 12.4. The summed E-state index contributed by atoms with van der Waals surface area (Å²) in [5, 5.41) is 0. The molecule has 0 unspecified atom stereocenters. The number of carbonyl (C=O) groups excluding carboxylic acids is 1. The molecule has 1 aliphatic carbocycles. The minimum Gasteiger partial charge on any atom is -0.464 e. The highest BCUT2D eigenvalue weighted by atomic mass is 16.5. The summed E-state index contributed by atoms with van der Waals surface area (Å²) in [6, 6.07) is 11.8. The molecular weight excluding hydrogens is 300 g/mol. The van der Waals surface area contributed by atoms with Gasteiger partial charge >= 0.3 is 5.97 Å². The Morgan fingerprint density at radius 3 is 2.62 bits per heavy atom. The van der Waals surface area contributed by atoms with E-state index in [9.17, 15) is 4.79 Å². The van der Waals surface area contributed by atoms with E-state index in [2.05, 4.69) is 33.8 Å². The van der Waals surface area contributed by atoms with E-state index in [0.717, 1.165) is 16.9 Å². The molecule has 1 aromatic heterocycles. The van der Waals surface area contributed by atoms with Gasteiger partial charge in [0.1, 0.15) is 12.4 Å². The predicted octanol–water partition coefficient (Wildman–Crippen LogP) is 5.23. The first-order valence-corrected chi connectivity index (χ1v) is 8.34. The molecule has 2 atom stereocenters. The number of ether oxygens (including phenoxy) is 1. The molecule has 3 heteroatoms. The van der Waals surface area contributed by atoms with E-state index in [-0.39, 0.29) is 29.8 Å². The minimum atomic E-state index is -0.120. The quantitative estimate of drug-likeness (QED) is 0.558. The zero-order valence-corrected chi connectivity index (χ0v) is 14.7. The van der Waals surface area contributed by atoms with Gasteiger partial charge in [0.25, 0.3) is 0 Å². The van der Waals surface area contributed by atoms with Gasteiger partial charge in [0, 0.05) is 11.1 Å². The maximum absolute atomic E-state index is 12.4. The maximum Gasteiger partial charge on any atom is 0.310 e. The number of furan rings is 1. The Morgan fingerprint density at radius 2 is 1.96 bits per heavy atom. The van der Waals surface area contributed by atoms with E-state index in [1.54, 1.807) is 6.26 Å².